The monoisotopic (exact) mass is 273 g/mol. The van der Waals surface area contributed by atoms with E-state index in [4.69, 9.17) is 0 Å². The lowest BCUT2D eigenvalue weighted by Gasteiger charge is -2.25. The number of nitrogens with one attached hydrogen (secondary N) is 1. The van der Waals surface area contributed by atoms with Crippen LogP contribution >= 0.6 is 0 Å². The molecule has 2 fully saturated rings. The van der Waals surface area contributed by atoms with Gasteiger partial charge in [-0.15, -0.1) is 0 Å². The van der Waals surface area contributed by atoms with Crippen molar-refractivity contribution in [1.82, 2.24) is 4.98 Å². The molecule has 20 heavy (non-hydrogen) atoms. The summed E-state index contributed by atoms with van der Waals surface area (Å²) in [6.45, 7) is 9.44. The third-order valence-electron chi connectivity index (χ3n) is 4.87. The second kappa shape index (κ2) is 5.27. The molecule has 2 unspecified atom stereocenters. The first kappa shape index (κ1) is 13.7. The normalized spacial score (nSPS) is 28.9. The van der Waals surface area contributed by atoms with Crippen LogP contribution in [0.1, 0.15) is 46.5 Å². The van der Waals surface area contributed by atoms with Gasteiger partial charge in [-0.05, 0) is 49.1 Å². The summed E-state index contributed by atoms with van der Waals surface area (Å²) in [4.78, 5) is 7.05. The molecule has 110 valence electrons. The number of pyridine rings is 1. The number of anilines is 2. The van der Waals surface area contributed by atoms with Gasteiger partial charge in [0.25, 0.3) is 0 Å². The minimum absolute atomic E-state index is 0.465. The van der Waals surface area contributed by atoms with Gasteiger partial charge in [0, 0.05) is 25.3 Å². The first-order valence-corrected chi connectivity index (χ1v) is 8.02. The van der Waals surface area contributed by atoms with Crippen LogP contribution in [0.3, 0.4) is 0 Å². The molecule has 3 rings (SSSR count). The summed E-state index contributed by atoms with van der Waals surface area (Å²) in [5, 5.41) is 3.79. The van der Waals surface area contributed by atoms with Crippen molar-refractivity contribution in [3.63, 3.8) is 0 Å². The van der Waals surface area contributed by atoms with Crippen LogP contribution < -0.4 is 10.2 Å². The highest BCUT2D eigenvalue weighted by molar-refractivity contribution is 5.66. The Labute approximate surface area is 122 Å². The van der Waals surface area contributed by atoms with Gasteiger partial charge in [0.05, 0.1) is 5.69 Å². The maximum absolute atomic E-state index is 4.63. The Morgan fingerprint density at radius 2 is 2.00 bits per heavy atom. The Bertz CT molecular complexity index is 463. The Morgan fingerprint density at radius 1 is 1.25 bits per heavy atom. The average molecular weight is 273 g/mol. The molecule has 0 aromatic carbocycles. The van der Waals surface area contributed by atoms with E-state index >= 15 is 0 Å². The van der Waals surface area contributed by atoms with Crippen LogP contribution in [-0.4, -0.2) is 24.1 Å². The van der Waals surface area contributed by atoms with Gasteiger partial charge in [0.1, 0.15) is 0 Å². The fourth-order valence-electron chi connectivity index (χ4n) is 3.98. The first-order valence-electron chi connectivity index (χ1n) is 8.02. The molecule has 1 aliphatic carbocycles. The van der Waals surface area contributed by atoms with Crippen molar-refractivity contribution in [2.75, 3.05) is 23.3 Å². The van der Waals surface area contributed by atoms with Gasteiger partial charge >= 0.3 is 0 Å². The second-order valence-electron chi connectivity index (χ2n) is 7.37. The molecule has 1 aromatic rings. The van der Waals surface area contributed by atoms with Gasteiger partial charge in [-0.3, -0.25) is 0 Å². The van der Waals surface area contributed by atoms with E-state index in [9.17, 15) is 0 Å². The van der Waals surface area contributed by atoms with Crippen LogP contribution in [0, 0.1) is 11.3 Å². The molecule has 0 radical (unpaired) electrons. The van der Waals surface area contributed by atoms with Crippen molar-refractivity contribution >= 4 is 11.5 Å². The van der Waals surface area contributed by atoms with Crippen LogP contribution in [-0.2, 0) is 0 Å². The van der Waals surface area contributed by atoms with Crippen LogP contribution in [0.2, 0.25) is 0 Å². The molecule has 2 atom stereocenters. The highest BCUT2D eigenvalue weighted by Gasteiger charge is 2.37. The van der Waals surface area contributed by atoms with Crippen LogP contribution in [0.4, 0.5) is 11.5 Å². The third kappa shape index (κ3) is 2.77. The molecule has 1 saturated carbocycles. The quantitative estimate of drug-likeness (QED) is 0.904. The zero-order valence-electron chi connectivity index (χ0n) is 13.0. The van der Waals surface area contributed by atoms with E-state index in [1.54, 1.807) is 0 Å². The topological polar surface area (TPSA) is 28.2 Å². The number of hydrogen-bond donors (Lipinski definition) is 1. The van der Waals surface area contributed by atoms with Crippen molar-refractivity contribution in [3.05, 3.63) is 18.3 Å². The molecule has 1 aromatic heterocycles. The molecule has 1 saturated heterocycles. The smallest absolute Gasteiger partial charge is 0.151 e. The number of nitrogens with zero attached hydrogens (tertiary/aromatic N) is 2. The van der Waals surface area contributed by atoms with Crippen molar-refractivity contribution in [1.29, 1.82) is 0 Å². The summed E-state index contributed by atoms with van der Waals surface area (Å²) in [5.41, 5.74) is 1.69. The van der Waals surface area contributed by atoms with E-state index < -0.39 is 0 Å². The van der Waals surface area contributed by atoms with Gasteiger partial charge < -0.3 is 10.2 Å². The molecular formula is C17H27N3. The van der Waals surface area contributed by atoms with E-state index in [2.05, 4.69) is 42.0 Å². The average Bonchev–Trinajstić information content (AvgIpc) is 2.99. The van der Waals surface area contributed by atoms with Gasteiger partial charge in [-0.1, -0.05) is 20.8 Å². The van der Waals surface area contributed by atoms with E-state index in [0.717, 1.165) is 24.8 Å². The maximum atomic E-state index is 4.63. The summed E-state index contributed by atoms with van der Waals surface area (Å²) in [6.07, 6.45) is 7.07. The maximum Gasteiger partial charge on any atom is 0.151 e. The minimum Gasteiger partial charge on any atom is -0.379 e. The Balaban J connectivity index is 1.77. The zero-order chi connectivity index (χ0) is 14.2. The molecule has 1 N–H and O–H groups in total. The summed E-state index contributed by atoms with van der Waals surface area (Å²) in [5.74, 6) is 1.89. The number of rotatable bonds is 3. The summed E-state index contributed by atoms with van der Waals surface area (Å²) in [6, 6.07) is 4.82. The molecule has 0 spiro atoms. The summed E-state index contributed by atoms with van der Waals surface area (Å²) in [7, 11) is 0. The Hall–Kier alpha value is -1.25. The van der Waals surface area contributed by atoms with E-state index in [-0.39, 0.29) is 0 Å². The second-order valence-corrected chi connectivity index (χ2v) is 7.37. The standard InChI is InChI=1S/C17H27N3/c1-13-11-17(2,3)12-15(13)19-14-7-6-8-18-16(14)20-9-4-5-10-20/h6-8,13,15,19H,4-5,9-12H2,1-3H3. The molecule has 3 heteroatoms. The largest absolute Gasteiger partial charge is 0.379 e. The molecular weight excluding hydrogens is 246 g/mol. The van der Waals surface area contributed by atoms with Gasteiger partial charge in [0.15, 0.2) is 5.82 Å². The lowest BCUT2D eigenvalue weighted by molar-refractivity contribution is 0.366. The third-order valence-corrected chi connectivity index (χ3v) is 4.87. The highest BCUT2D eigenvalue weighted by atomic mass is 15.2. The van der Waals surface area contributed by atoms with Crippen molar-refractivity contribution in [2.45, 2.75) is 52.5 Å². The Kier molecular flexibility index (Phi) is 3.61. The van der Waals surface area contributed by atoms with Crippen molar-refractivity contribution < 1.29 is 0 Å². The van der Waals surface area contributed by atoms with E-state index in [1.807, 2.05) is 12.3 Å². The highest BCUT2D eigenvalue weighted by Crippen LogP contribution is 2.42. The van der Waals surface area contributed by atoms with E-state index in [1.165, 1.54) is 31.4 Å². The number of hydrogen-bond acceptors (Lipinski definition) is 3. The predicted octanol–water partition coefficient (Wildman–Crippen LogP) is 3.92. The van der Waals surface area contributed by atoms with Crippen LogP contribution in [0.15, 0.2) is 18.3 Å². The number of aromatic nitrogens is 1. The van der Waals surface area contributed by atoms with Crippen LogP contribution in [0.25, 0.3) is 0 Å². The molecule has 1 aliphatic heterocycles. The summed E-state index contributed by atoms with van der Waals surface area (Å²) >= 11 is 0. The molecule has 3 nitrogen and oxygen atoms in total. The van der Waals surface area contributed by atoms with E-state index in [0.29, 0.717) is 11.5 Å². The zero-order valence-corrected chi connectivity index (χ0v) is 13.0. The molecule has 0 amide bonds. The summed E-state index contributed by atoms with van der Waals surface area (Å²) < 4.78 is 0. The van der Waals surface area contributed by atoms with Crippen LogP contribution in [0.5, 0.6) is 0 Å². The SMILES string of the molecule is CC1CC(C)(C)CC1Nc1cccnc1N1CCCC1. The van der Waals surface area contributed by atoms with Gasteiger partial charge in [0.2, 0.25) is 0 Å². The Morgan fingerprint density at radius 3 is 2.65 bits per heavy atom. The minimum atomic E-state index is 0.465. The predicted molar refractivity (Wildman–Crippen MR) is 85.3 cm³/mol. The molecule has 2 aliphatic rings. The first-order chi connectivity index (χ1) is 9.55. The van der Waals surface area contributed by atoms with Crippen molar-refractivity contribution in [2.24, 2.45) is 11.3 Å². The fourth-order valence-corrected chi connectivity index (χ4v) is 3.98. The fraction of sp³-hybridized carbons (Fsp3) is 0.706. The van der Waals surface area contributed by atoms with Crippen molar-refractivity contribution in [3.8, 4) is 0 Å². The van der Waals surface area contributed by atoms with Gasteiger partial charge in [-0.2, -0.15) is 0 Å². The van der Waals surface area contributed by atoms with Gasteiger partial charge in [-0.25, -0.2) is 4.98 Å². The molecule has 2 heterocycles. The lowest BCUT2D eigenvalue weighted by Crippen LogP contribution is -2.26. The molecule has 0 bridgehead atoms. The lowest BCUT2D eigenvalue weighted by atomic mass is 9.91.